The Hall–Kier alpha value is 0.235. The van der Waals surface area contributed by atoms with E-state index < -0.39 is 0 Å². The maximum atomic E-state index is 6.15. The summed E-state index contributed by atoms with van der Waals surface area (Å²) in [7, 11) is -0.204. The van der Waals surface area contributed by atoms with Gasteiger partial charge in [0.15, 0.2) is 0 Å². The quantitative estimate of drug-likeness (QED) is 0.733. The van der Waals surface area contributed by atoms with E-state index in [1.807, 2.05) is 6.92 Å². The Balaban J connectivity index is 0.00000108. The molecule has 4 aliphatic rings. The van der Waals surface area contributed by atoms with Gasteiger partial charge in [0.25, 0.3) is 0 Å². The van der Waals surface area contributed by atoms with Crippen molar-refractivity contribution in [3.8, 4) is 0 Å². The van der Waals surface area contributed by atoms with Gasteiger partial charge in [0.05, 0.1) is 11.7 Å². The Kier molecular flexibility index (Phi) is 3.10. The Morgan fingerprint density at radius 2 is 1.94 bits per heavy atom. The molecular weight excluding hydrogens is 236 g/mol. The third kappa shape index (κ3) is 1.61. The van der Waals surface area contributed by atoms with Crippen LogP contribution in [0.25, 0.3) is 0 Å². The zero-order valence-electron chi connectivity index (χ0n) is 11.1. The first-order chi connectivity index (χ1) is 7.35. The molecule has 0 aromatic rings. The Morgan fingerprint density at radius 1 is 1.29 bits per heavy atom. The monoisotopic (exact) mass is 259 g/mol. The highest BCUT2D eigenvalue weighted by Crippen LogP contribution is 2.65. The van der Waals surface area contributed by atoms with E-state index in [0.29, 0.717) is 11.3 Å². The van der Waals surface area contributed by atoms with E-state index in [-0.39, 0.29) is 37.2 Å². The lowest BCUT2D eigenvalue weighted by molar-refractivity contribution is -0.199. The number of halogens is 1. The van der Waals surface area contributed by atoms with Crippen LogP contribution in [0.3, 0.4) is 0 Å². The first-order valence-corrected chi connectivity index (χ1v) is 6.44. The maximum Gasteiger partial charge on any atom is 0.475 e. The van der Waals surface area contributed by atoms with Gasteiger partial charge >= 0.3 is 7.12 Å². The maximum absolute atomic E-state index is 6.15. The Labute approximate surface area is 110 Å². The molecule has 17 heavy (non-hydrogen) atoms. The molecule has 1 saturated heterocycles. The van der Waals surface area contributed by atoms with E-state index in [2.05, 4.69) is 20.8 Å². The second-order valence-corrected chi connectivity index (χ2v) is 6.70. The summed E-state index contributed by atoms with van der Waals surface area (Å²) in [5.74, 6) is 1.40. The van der Waals surface area contributed by atoms with Crippen molar-refractivity contribution in [2.75, 3.05) is 0 Å². The molecule has 3 saturated carbocycles. The van der Waals surface area contributed by atoms with Crippen molar-refractivity contribution in [1.82, 2.24) is 0 Å². The normalized spacial score (nSPS) is 47.8. The van der Waals surface area contributed by atoms with E-state index in [0.717, 1.165) is 12.3 Å². The van der Waals surface area contributed by atoms with Crippen LogP contribution < -0.4 is 5.73 Å². The van der Waals surface area contributed by atoms with Crippen LogP contribution in [-0.4, -0.2) is 24.8 Å². The van der Waals surface area contributed by atoms with Gasteiger partial charge in [-0.25, -0.2) is 0 Å². The predicted molar refractivity (Wildman–Crippen MR) is 71.0 cm³/mol. The van der Waals surface area contributed by atoms with E-state index in [9.17, 15) is 0 Å². The number of hydrogen-bond donors (Lipinski definition) is 1. The van der Waals surface area contributed by atoms with Crippen molar-refractivity contribution < 1.29 is 9.31 Å². The first-order valence-electron chi connectivity index (χ1n) is 6.44. The summed E-state index contributed by atoms with van der Waals surface area (Å²) in [4.78, 5) is 0. The van der Waals surface area contributed by atoms with E-state index in [1.165, 1.54) is 6.42 Å². The zero-order valence-corrected chi connectivity index (χ0v) is 11.9. The molecule has 0 aromatic heterocycles. The minimum absolute atomic E-state index is 0. The lowest BCUT2D eigenvalue weighted by Gasteiger charge is -2.64. The van der Waals surface area contributed by atoms with E-state index in [1.54, 1.807) is 0 Å². The molecule has 0 spiro atoms. The van der Waals surface area contributed by atoms with Gasteiger partial charge in [-0.1, -0.05) is 20.8 Å². The van der Waals surface area contributed by atoms with Crippen LogP contribution in [-0.2, 0) is 9.31 Å². The van der Waals surface area contributed by atoms with Crippen molar-refractivity contribution >= 4 is 19.5 Å². The van der Waals surface area contributed by atoms with Gasteiger partial charge in [0.1, 0.15) is 0 Å². The summed E-state index contributed by atoms with van der Waals surface area (Å²) in [6.07, 6.45) is 2.71. The smallest absolute Gasteiger partial charge is 0.404 e. The molecule has 5 atom stereocenters. The molecule has 0 aromatic carbocycles. The fourth-order valence-electron chi connectivity index (χ4n) is 4.13. The summed E-state index contributed by atoms with van der Waals surface area (Å²) < 4.78 is 12.1. The summed E-state index contributed by atoms with van der Waals surface area (Å²) in [5.41, 5.74) is 6.20. The van der Waals surface area contributed by atoms with Crippen LogP contribution in [0.5, 0.6) is 0 Å². The van der Waals surface area contributed by atoms with Crippen molar-refractivity contribution in [1.29, 1.82) is 0 Å². The van der Waals surface area contributed by atoms with Gasteiger partial charge in [-0.15, -0.1) is 12.4 Å². The zero-order chi connectivity index (χ0) is 11.7. The van der Waals surface area contributed by atoms with E-state index in [4.69, 9.17) is 15.0 Å². The SMILES string of the molecule is CC(N)B1OC2CC3CC(C3(C)C)[C@]2(C)O1.Cl. The second kappa shape index (κ2) is 3.86. The van der Waals surface area contributed by atoms with Gasteiger partial charge in [0.2, 0.25) is 0 Å². The minimum atomic E-state index is -0.204. The number of hydrogen-bond acceptors (Lipinski definition) is 3. The molecule has 1 aliphatic heterocycles. The highest BCUT2D eigenvalue weighted by atomic mass is 35.5. The molecule has 3 aliphatic carbocycles. The molecule has 2 bridgehead atoms. The largest absolute Gasteiger partial charge is 0.475 e. The lowest BCUT2D eigenvalue weighted by atomic mass is 9.43. The van der Waals surface area contributed by atoms with E-state index >= 15 is 0 Å². The summed E-state index contributed by atoms with van der Waals surface area (Å²) in [6.45, 7) is 8.93. The molecule has 98 valence electrons. The third-order valence-electron chi connectivity index (χ3n) is 5.40. The van der Waals surface area contributed by atoms with Crippen molar-refractivity contribution in [2.45, 2.75) is 58.2 Å². The number of nitrogens with two attached hydrogens (primary N) is 1. The van der Waals surface area contributed by atoms with Gasteiger partial charge in [-0.05, 0) is 37.0 Å². The highest BCUT2D eigenvalue weighted by Gasteiger charge is 2.68. The van der Waals surface area contributed by atoms with Gasteiger partial charge in [-0.3, -0.25) is 0 Å². The van der Waals surface area contributed by atoms with Crippen LogP contribution in [0.15, 0.2) is 0 Å². The molecule has 3 nitrogen and oxygen atoms in total. The minimum Gasteiger partial charge on any atom is -0.404 e. The van der Waals surface area contributed by atoms with Crippen molar-refractivity contribution in [2.24, 2.45) is 23.0 Å². The average molecular weight is 260 g/mol. The van der Waals surface area contributed by atoms with Gasteiger partial charge in [-0.2, -0.15) is 0 Å². The second-order valence-electron chi connectivity index (χ2n) is 6.70. The Morgan fingerprint density at radius 3 is 2.47 bits per heavy atom. The summed E-state index contributed by atoms with van der Waals surface area (Å²) in [6, 6.07) is 0. The standard InChI is InChI=1S/C12H22BNO2.ClH/c1-7(14)13-15-10-6-8-5-9(11(8,2)3)12(10,4)16-13;/h7-10H,5-6,14H2,1-4H3;1H/t7?,8?,9?,10?,12-;/m0./s1. The van der Waals surface area contributed by atoms with Crippen LogP contribution in [0, 0.1) is 17.3 Å². The first kappa shape index (κ1) is 13.7. The molecule has 4 unspecified atom stereocenters. The summed E-state index contributed by atoms with van der Waals surface area (Å²) >= 11 is 0. The molecular formula is C12H23BClNO2. The van der Waals surface area contributed by atoms with Crippen LogP contribution in [0.1, 0.15) is 40.5 Å². The van der Waals surface area contributed by atoms with Crippen LogP contribution in [0.2, 0.25) is 0 Å². The lowest BCUT2D eigenvalue weighted by Crippen LogP contribution is -2.65. The summed E-state index contributed by atoms with van der Waals surface area (Å²) in [5, 5.41) is 0. The molecule has 0 radical (unpaired) electrons. The predicted octanol–water partition coefficient (Wildman–Crippen LogP) is 2.02. The number of rotatable bonds is 1. The highest BCUT2D eigenvalue weighted by molar-refractivity contribution is 6.47. The Bertz CT molecular complexity index is 326. The topological polar surface area (TPSA) is 44.5 Å². The molecule has 4 fully saturated rings. The molecule has 5 heteroatoms. The van der Waals surface area contributed by atoms with Crippen LogP contribution in [0.4, 0.5) is 0 Å². The van der Waals surface area contributed by atoms with Crippen LogP contribution >= 0.6 is 12.4 Å². The molecule has 4 rings (SSSR count). The van der Waals surface area contributed by atoms with Gasteiger partial charge < -0.3 is 15.0 Å². The van der Waals surface area contributed by atoms with Crippen molar-refractivity contribution in [3.63, 3.8) is 0 Å². The average Bonchev–Trinajstić information content (AvgIpc) is 2.54. The van der Waals surface area contributed by atoms with Crippen molar-refractivity contribution in [3.05, 3.63) is 0 Å². The molecule has 0 amide bonds. The fraction of sp³-hybridized carbons (Fsp3) is 1.00. The fourth-order valence-corrected chi connectivity index (χ4v) is 4.13. The molecule has 1 heterocycles. The molecule has 2 N–H and O–H groups in total. The van der Waals surface area contributed by atoms with Gasteiger partial charge in [0, 0.05) is 5.94 Å². The third-order valence-corrected chi connectivity index (χ3v) is 5.40.